The minimum absolute atomic E-state index is 0. The number of guanidine groups is 1. The summed E-state index contributed by atoms with van der Waals surface area (Å²) in [5.74, 6) is 2.12. The van der Waals surface area contributed by atoms with E-state index in [2.05, 4.69) is 34.3 Å². The summed E-state index contributed by atoms with van der Waals surface area (Å²) in [4.78, 5) is 6.91. The van der Waals surface area contributed by atoms with Gasteiger partial charge in [-0.3, -0.25) is 4.99 Å². The Morgan fingerprint density at radius 3 is 2.66 bits per heavy atom. The van der Waals surface area contributed by atoms with Crippen molar-refractivity contribution in [3.8, 4) is 0 Å². The van der Waals surface area contributed by atoms with Gasteiger partial charge in [0.2, 0.25) is 0 Å². The Morgan fingerprint density at radius 2 is 1.93 bits per heavy atom. The van der Waals surface area contributed by atoms with Crippen molar-refractivity contribution in [2.45, 2.75) is 38.9 Å². The molecule has 1 aliphatic carbocycles. The number of hydrogen-bond donors (Lipinski definition) is 2. The molecular formula is C22H36IN3O3. The van der Waals surface area contributed by atoms with Crippen LogP contribution in [0.4, 0.5) is 0 Å². The third kappa shape index (κ3) is 9.19. The Morgan fingerprint density at radius 1 is 1.17 bits per heavy atom. The van der Waals surface area contributed by atoms with Gasteiger partial charge in [-0.05, 0) is 37.7 Å². The lowest BCUT2D eigenvalue weighted by molar-refractivity contribution is 0.0367. The number of benzene rings is 1. The molecule has 1 aliphatic heterocycles. The molecule has 1 heterocycles. The van der Waals surface area contributed by atoms with Gasteiger partial charge in [0.15, 0.2) is 5.96 Å². The number of nitrogens with one attached hydrogen (secondary N) is 1. The van der Waals surface area contributed by atoms with Gasteiger partial charge < -0.3 is 24.8 Å². The average molecular weight is 517 g/mol. The van der Waals surface area contributed by atoms with Crippen molar-refractivity contribution in [1.82, 2.24) is 10.2 Å². The number of likely N-dealkylation sites (tertiary alicyclic amines) is 1. The Bertz CT molecular complexity index is 598. The summed E-state index contributed by atoms with van der Waals surface area (Å²) in [6.07, 6.45) is 3.10. The molecule has 0 bridgehead atoms. The van der Waals surface area contributed by atoms with Crippen molar-refractivity contribution >= 4 is 29.9 Å². The van der Waals surface area contributed by atoms with E-state index in [4.69, 9.17) is 9.47 Å². The quantitative estimate of drug-likeness (QED) is 0.269. The largest absolute Gasteiger partial charge is 0.389 e. The second kappa shape index (κ2) is 13.4. The Hall–Kier alpha value is -0.900. The summed E-state index contributed by atoms with van der Waals surface area (Å²) in [7, 11) is 0. The number of hydrogen-bond acceptors (Lipinski definition) is 4. The van der Waals surface area contributed by atoms with Crippen molar-refractivity contribution in [1.29, 1.82) is 0 Å². The predicted molar refractivity (Wildman–Crippen MR) is 127 cm³/mol. The highest BCUT2D eigenvalue weighted by Crippen LogP contribution is 2.28. The van der Waals surface area contributed by atoms with E-state index in [0.29, 0.717) is 25.7 Å². The van der Waals surface area contributed by atoms with Crippen LogP contribution in [-0.2, 0) is 16.1 Å². The van der Waals surface area contributed by atoms with E-state index in [9.17, 15) is 5.11 Å². The molecular weight excluding hydrogens is 481 g/mol. The first-order valence-electron chi connectivity index (χ1n) is 10.6. The maximum atomic E-state index is 10.1. The first-order chi connectivity index (χ1) is 13.7. The molecule has 0 spiro atoms. The summed E-state index contributed by atoms with van der Waals surface area (Å²) < 4.78 is 11.5. The van der Waals surface area contributed by atoms with Crippen LogP contribution in [0.5, 0.6) is 0 Å². The van der Waals surface area contributed by atoms with Gasteiger partial charge in [0, 0.05) is 32.2 Å². The average Bonchev–Trinajstić information content (AvgIpc) is 3.42. The summed E-state index contributed by atoms with van der Waals surface area (Å²) in [5.41, 5.74) is 1.21. The molecule has 29 heavy (non-hydrogen) atoms. The molecule has 7 heteroatoms. The van der Waals surface area contributed by atoms with Gasteiger partial charge in [0.05, 0.1) is 32.5 Å². The molecule has 3 rings (SSSR count). The molecule has 1 saturated carbocycles. The van der Waals surface area contributed by atoms with Crippen LogP contribution < -0.4 is 5.32 Å². The van der Waals surface area contributed by atoms with Crippen LogP contribution in [0.15, 0.2) is 35.3 Å². The van der Waals surface area contributed by atoms with Crippen LogP contribution in [0.1, 0.15) is 31.7 Å². The second-order valence-corrected chi connectivity index (χ2v) is 7.93. The Kier molecular flexibility index (Phi) is 11.3. The summed E-state index contributed by atoms with van der Waals surface area (Å²) >= 11 is 0. The predicted octanol–water partition coefficient (Wildman–Crippen LogP) is 2.90. The summed E-state index contributed by atoms with van der Waals surface area (Å²) in [5, 5.41) is 13.5. The minimum Gasteiger partial charge on any atom is -0.389 e. The zero-order chi connectivity index (χ0) is 19.6. The molecule has 2 N–H and O–H groups in total. The fourth-order valence-electron chi connectivity index (χ4n) is 3.40. The third-order valence-electron chi connectivity index (χ3n) is 5.20. The van der Waals surface area contributed by atoms with Crippen molar-refractivity contribution in [3.63, 3.8) is 0 Å². The molecule has 0 amide bonds. The van der Waals surface area contributed by atoms with Crippen molar-refractivity contribution in [2.75, 3.05) is 46.0 Å². The van der Waals surface area contributed by atoms with Gasteiger partial charge in [-0.25, -0.2) is 0 Å². The fourth-order valence-corrected chi connectivity index (χ4v) is 3.40. The number of rotatable bonds is 11. The zero-order valence-electron chi connectivity index (χ0n) is 17.5. The highest BCUT2D eigenvalue weighted by Gasteiger charge is 2.25. The maximum absolute atomic E-state index is 10.1. The van der Waals surface area contributed by atoms with Crippen LogP contribution in [0.25, 0.3) is 0 Å². The van der Waals surface area contributed by atoms with Gasteiger partial charge in [-0.1, -0.05) is 30.3 Å². The normalized spacial score (nSPS) is 20.4. The van der Waals surface area contributed by atoms with Crippen LogP contribution in [0.3, 0.4) is 0 Å². The molecule has 1 saturated heterocycles. The fraction of sp³-hybridized carbons (Fsp3) is 0.682. The highest BCUT2D eigenvalue weighted by atomic mass is 127. The lowest BCUT2D eigenvalue weighted by Gasteiger charge is -2.22. The minimum atomic E-state index is -0.542. The number of ether oxygens (including phenoxy) is 2. The van der Waals surface area contributed by atoms with E-state index in [-0.39, 0.29) is 24.0 Å². The highest BCUT2D eigenvalue weighted by molar-refractivity contribution is 14.0. The van der Waals surface area contributed by atoms with E-state index in [0.717, 1.165) is 51.1 Å². The lowest BCUT2D eigenvalue weighted by atomic mass is 10.1. The van der Waals surface area contributed by atoms with E-state index in [1.165, 1.54) is 18.4 Å². The van der Waals surface area contributed by atoms with Gasteiger partial charge in [0.1, 0.15) is 0 Å². The van der Waals surface area contributed by atoms with Gasteiger partial charge in [-0.2, -0.15) is 0 Å². The molecule has 0 radical (unpaired) electrons. The van der Waals surface area contributed by atoms with Crippen LogP contribution in [0.2, 0.25) is 0 Å². The van der Waals surface area contributed by atoms with Crippen molar-refractivity contribution in [2.24, 2.45) is 16.8 Å². The first kappa shape index (κ1) is 24.4. The van der Waals surface area contributed by atoms with E-state index in [1.807, 2.05) is 18.2 Å². The molecule has 2 fully saturated rings. The Balaban J connectivity index is 0.00000300. The van der Waals surface area contributed by atoms with Crippen LogP contribution in [0, 0.1) is 11.8 Å². The molecule has 2 atom stereocenters. The van der Waals surface area contributed by atoms with Crippen LogP contribution in [-0.4, -0.2) is 68.1 Å². The smallest absolute Gasteiger partial charge is 0.194 e. The summed E-state index contributed by atoms with van der Waals surface area (Å²) in [6.45, 7) is 7.75. The Labute approximate surface area is 192 Å². The topological polar surface area (TPSA) is 66.3 Å². The van der Waals surface area contributed by atoms with Crippen LogP contribution >= 0.6 is 24.0 Å². The van der Waals surface area contributed by atoms with Crippen molar-refractivity contribution in [3.05, 3.63) is 35.9 Å². The van der Waals surface area contributed by atoms with Gasteiger partial charge in [-0.15, -0.1) is 24.0 Å². The first-order valence-corrected chi connectivity index (χ1v) is 10.6. The number of aliphatic hydroxyl groups excluding tert-OH is 1. The summed E-state index contributed by atoms with van der Waals surface area (Å²) in [6, 6.07) is 10.3. The molecule has 1 aromatic rings. The molecule has 1 aromatic carbocycles. The molecule has 6 nitrogen and oxygen atoms in total. The van der Waals surface area contributed by atoms with E-state index < -0.39 is 6.10 Å². The molecule has 2 unspecified atom stereocenters. The zero-order valence-corrected chi connectivity index (χ0v) is 19.8. The number of halogens is 1. The standard InChI is InChI=1S/C22H35N3O3.HI/c1-2-23-22(24-12-21(26)17-28-15-19-8-9-19)25-11-10-20(13-25)16-27-14-18-6-4-3-5-7-18;/h3-7,19-21,26H,2,8-17H2,1H3,(H,23,24);1H. The van der Waals surface area contributed by atoms with E-state index >= 15 is 0 Å². The maximum Gasteiger partial charge on any atom is 0.194 e. The number of nitrogens with zero attached hydrogens (tertiary/aromatic N) is 2. The van der Waals surface area contributed by atoms with Crippen molar-refractivity contribution < 1.29 is 14.6 Å². The van der Waals surface area contributed by atoms with E-state index in [1.54, 1.807) is 0 Å². The number of aliphatic hydroxyl groups is 1. The SMILES string of the molecule is CCNC(=NCC(O)COCC1CC1)N1CCC(COCc2ccccc2)C1.I. The number of aliphatic imine (C=N–C) groups is 1. The lowest BCUT2D eigenvalue weighted by Crippen LogP contribution is -2.41. The second-order valence-electron chi connectivity index (χ2n) is 7.93. The van der Waals surface area contributed by atoms with Gasteiger partial charge in [0.25, 0.3) is 0 Å². The molecule has 0 aromatic heterocycles. The monoisotopic (exact) mass is 517 g/mol. The third-order valence-corrected chi connectivity index (χ3v) is 5.20. The molecule has 2 aliphatic rings. The van der Waals surface area contributed by atoms with Gasteiger partial charge >= 0.3 is 0 Å². The molecule has 164 valence electrons.